The van der Waals surface area contributed by atoms with Crippen molar-refractivity contribution in [1.82, 2.24) is 0 Å². The number of para-hydroxylation sites is 1. The first-order valence-corrected chi connectivity index (χ1v) is 9.79. The number of hydrogen-bond acceptors (Lipinski definition) is 5. The highest BCUT2D eigenvalue weighted by Crippen LogP contribution is 2.29. The molecule has 3 aromatic carbocycles. The SMILES string of the molecule is O=C(COC(=O)c1ccc2c(c1)C(=O)N(c1ccccc1)C2=O)c1ccc(Br)cc1. The first-order chi connectivity index (χ1) is 14.5. The molecule has 4 rings (SSSR count). The van der Waals surface area contributed by atoms with Crippen molar-refractivity contribution < 1.29 is 23.9 Å². The van der Waals surface area contributed by atoms with Gasteiger partial charge in [-0.25, -0.2) is 9.69 Å². The Bertz CT molecular complexity index is 1170. The molecule has 0 spiro atoms. The number of nitrogens with zero attached hydrogens (tertiary/aromatic N) is 1. The molecule has 0 aromatic heterocycles. The molecule has 0 aliphatic carbocycles. The summed E-state index contributed by atoms with van der Waals surface area (Å²) in [6.07, 6.45) is 0. The number of rotatable bonds is 5. The van der Waals surface area contributed by atoms with Crippen molar-refractivity contribution in [2.45, 2.75) is 0 Å². The molecule has 1 aliphatic heterocycles. The van der Waals surface area contributed by atoms with Gasteiger partial charge in [0.1, 0.15) is 0 Å². The molecule has 0 N–H and O–H groups in total. The maximum absolute atomic E-state index is 12.8. The van der Waals surface area contributed by atoms with Gasteiger partial charge in [0.25, 0.3) is 11.8 Å². The number of benzene rings is 3. The molecule has 2 amide bonds. The van der Waals surface area contributed by atoms with Gasteiger partial charge in [0.2, 0.25) is 0 Å². The van der Waals surface area contributed by atoms with Gasteiger partial charge in [-0.05, 0) is 42.5 Å². The third kappa shape index (κ3) is 3.67. The number of ketones is 1. The van der Waals surface area contributed by atoms with E-state index in [1.165, 1.54) is 18.2 Å². The van der Waals surface area contributed by atoms with Crippen LogP contribution in [0.4, 0.5) is 5.69 Å². The lowest BCUT2D eigenvalue weighted by molar-refractivity contribution is 0.0474. The molecule has 6 nitrogen and oxygen atoms in total. The van der Waals surface area contributed by atoms with Crippen LogP contribution in [0.15, 0.2) is 77.3 Å². The summed E-state index contributed by atoms with van der Waals surface area (Å²) in [5.74, 6) is -2.06. The second-order valence-corrected chi connectivity index (χ2v) is 7.46. The van der Waals surface area contributed by atoms with Gasteiger partial charge in [0.15, 0.2) is 12.4 Å². The standard InChI is InChI=1S/C23H14BrNO5/c24-16-9-6-14(7-10-16)20(26)13-30-23(29)15-8-11-18-19(12-15)22(28)25(21(18)27)17-4-2-1-3-5-17/h1-12H,13H2. The Balaban J connectivity index is 1.50. The molecule has 0 saturated carbocycles. The molecule has 0 saturated heterocycles. The van der Waals surface area contributed by atoms with Gasteiger partial charge < -0.3 is 4.74 Å². The molecule has 0 atom stereocenters. The molecule has 0 radical (unpaired) electrons. The summed E-state index contributed by atoms with van der Waals surface area (Å²) in [4.78, 5) is 51.0. The van der Waals surface area contributed by atoms with E-state index in [4.69, 9.17) is 4.74 Å². The molecule has 0 unspecified atom stereocenters. The lowest BCUT2D eigenvalue weighted by atomic mass is 10.1. The quantitative estimate of drug-likeness (QED) is 0.320. The Kier molecular flexibility index (Phi) is 5.29. The summed E-state index contributed by atoms with van der Waals surface area (Å²) in [6.45, 7) is -0.430. The number of anilines is 1. The fraction of sp³-hybridized carbons (Fsp3) is 0.0435. The minimum Gasteiger partial charge on any atom is -0.454 e. The minimum atomic E-state index is -0.748. The minimum absolute atomic E-state index is 0.0911. The van der Waals surface area contributed by atoms with Crippen LogP contribution in [0, 0.1) is 0 Å². The normalized spacial score (nSPS) is 12.6. The van der Waals surface area contributed by atoms with Crippen molar-refractivity contribution >= 4 is 45.2 Å². The first-order valence-electron chi connectivity index (χ1n) is 8.99. The number of carbonyl (C=O) groups is 4. The predicted octanol–water partition coefficient (Wildman–Crippen LogP) is 4.29. The zero-order valence-electron chi connectivity index (χ0n) is 15.5. The van der Waals surface area contributed by atoms with Crippen molar-refractivity contribution in [1.29, 1.82) is 0 Å². The largest absolute Gasteiger partial charge is 0.454 e. The fourth-order valence-electron chi connectivity index (χ4n) is 3.11. The number of Topliss-reactive ketones (excluding diaryl/α,β-unsaturated/α-hetero) is 1. The van der Waals surface area contributed by atoms with E-state index in [-0.39, 0.29) is 22.5 Å². The molecule has 0 bridgehead atoms. The maximum atomic E-state index is 12.8. The Morgan fingerprint density at radius 2 is 1.43 bits per heavy atom. The second kappa shape index (κ2) is 8.04. The van der Waals surface area contributed by atoms with Crippen molar-refractivity contribution in [3.05, 3.63) is 99.5 Å². The topological polar surface area (TPSA) is 80.8 Å². The van der Waals surface area contributed by atoms with Crippen LogP contribution < -0.4 is 4.90 Å². The number of amides is 2. The molecule has 1 aliphatic rings. The Labute approximate surface area is 180 Å². The third-order valence-corrected chi connectivity index (χ3v) is 5.17. The number of hydrogen-bond donors (Lipinski definition) is 0. The maximum Gasteiger partial charge on any atom is 0.338 e. The van der Waals surface area contributed by atoms with E-state index in [1.54, 1.807) is 54.6 Å². The van der Waals surface area contributed by atoms with Crippen LogP contribution >= 0.6 is 15.9 Å². The fourth-order valence-corrected chi connectivity index (χ4v) is 3.38. The van der Waals surface area contributed by atoms with Gasteiger partial charge in [0, 0.05) is 10.0 Å². The first kappa shape index (κ1) is 19.7. The van der Waals surface area contributed by atoms with Crippen LogP contribution in [0.1, 0.15) is 41.4 Å². The Morgan fingerprint density at radius 3 is 2.13 bits per heavy atom. The summed E-state index contributed by atoms with van der Waals surface area (Å²) in [7, 11) is 0. The van der Waals surface area contributed by atoms with Crippen LogP contribution in [0.3, 0.4) is 0 Å². The van der Waals surface area contributed by atoms with Crippen LogP contribution in [0.5, 0.6) is 0 Å². The van der Waals surface area contributed by atoms with Crippen molar-refractivity contribution in [2.24, 2.45) is 0 Å². The van der Waals surface area contributed by atoms with E-state index < -0.39 is 24.4 Å². The molecule has 1 heterocycles. The summed E-state index contributed by atoms with van der Waals surface area (Å²) in [5.41, 5.74) is 1.30. The number of carbonyl (C=O) groups excluding carboxylic acids is 4. The summed E-state index contributed by atoms with van der Waals surface area (Å²) < 4.78 is 5.93. The predicted molar refractivity (Wildman–Crippen MR) is 113 cm³/mol. The molecule has 0 fully saturated rings. The highest BCUT2D eigenvalue weighted by atomic mass is 79.9. The average Bonchev–Trinajstić information content (AvgIpc) is 3.02. The zero-order valence-corrected chi connectivity index (χ0v) is 17.1. The van der Waals surface area contributed by atoms with E-state index in [9.17, 15) is 19.2 Å². The van der Waals surface area contributed by atoms with Gasteiger partial charge in [-0.1, -0.05) is 46.3 Å². The highest BCUT2D eigenvalue weighted by Gasteiger charge is 2.37. The molecular weight excluding hydrogens is 450 g/mol. The van der Waals surface area contributed by atoms with Gasteiger partial charge in [0.05, 0.1) is 22.4 Å². The van der Waals surface area contributed by atoms with E-state index >= 15 is 0 Å². The third-order valence-electron chi connectivity index (χ3n) is 4.64. The lowest BCUT2D eigenvalue weighted by Gasteiger charge is -2.13. The monoisotopic (exact) mass is 463 g/mol. The zero-order chi connectivity index (χ0) is 21.3. The van der Waals surface area contributed by atoms with Crippen LogP contribution in [-0.2, 0) is 4.74 Å². The average molecular weight is 464 g/mol. The van der Waals surface area contributed by atoms with Crippen LogP contribution in [0.25, 0.3) is 0 Å². The van der Waals surface area contributed by atoms with Gasteiger partial charge >= 0.3 is 5.97 Å². The van der Waals surface area contributed by atoms with E-state index in [0.29, 0.717) is 11.3 Å². The van der Waals surface area contributed by atoms with Crippen molar-refractivity contribution in [2.75, 3.05) is 11.5 Å². The van der Waals surface area contributed by atoms with E-state index in [0.717, 1.165) is 9.37 Å². The lowest BCUT2D eigenvalue weighted by Crippen LogP contribution is -2.29. The number of ether oxygens (including phenoxy) is 1. The van der Waals surface area contributed by atoms with Gasteiger partial charge in [-0.15, -0.1) is 0 Å². The summed E-state index contributed by atoms with van der Waals surface area (Å²) in [6, 6.07) is 19.4. The molecule has 30 heavy (non-hydrogen) atoms. The molecular formula is C23H14BrNO5. The van der Waals surface area contributed by atoms with Crippen molar-refractivity contribution in [3.63, 3.8) is 0 Å². The smallest absolute Gasteiger partial charge is 0.338 e. The van der Waals surface area contributed by atoms with Gasteiger partial charge in [-0.3, -0.25) is 14.4 Å². The summed E-state index contributed by atoms with van der Waals surface area (Å²) in [5, 5.41) is 0. The number of halogens is 1. The summed E-state index contributed by atoms with van der Waals surface area (Å²) >= 11 is 3.29. The molecule has 148 valence electrons. The van der Waals surface area contributed by atoms with E-state index in [1.807, 2.05) is 0 Å². The number of esters is 1. The molecule has 3 aromatic rings. The van der Waals surface area contributed by atoms with Crippen molar-refractivity contribution in [3.8, 4) is 0 Å². The highest BCUT2D eigenvalue weighted by molar-refractivity contribution is 9.10. The number of imide groups is 1. The van der Waals surface area contributed by atoms with Crippen LogP contribution in [0.2, 0.25) is 0 Å². The Morgan fingerprint density at radius 1 is 0.800 bits per heavy atom. The number of fused-ring (bicyclic) bond motifs is 1. The van der Waals surface area contributed by atoms with Crippen LogP contribution in [-0.4, -0.2) is 30.2 Å². The van der Waals surface area contributed by atoms with Gasteiger partial charge in [-0.2, -0.15) is 0 Å². The van der Waals surface area contributed by atoms with E-state index in [2.05, 4.69) is 15.9 Å². The second-order valence-electron chi connectivity index (χ2n) is 6.55. The molecule has 7 heteroatoms. The Hall–Kier alpha value is -3.58.